The summed E-state index contributed by atoms with van der Waals surface area (Å²) in [6.07, 6.45) is 13.7. The summed E-state index contributed by atoms with van der Waals surface area (Å²) in [4.78, 5) is 0. The molecule has 176 valence electrons. The van der Waals surface area contributed by atoms with E-state index in [0.717, 1.165) is 11.8 Å². The number of alkyl halides is 1. The predicted octanol–water partition coefficient (Wildman–Crippen LogP) is 7.41. The Labute approximate surface area is 211 Å². The van der Waals surface area contributed by atoms with Gasteiger partial charge in [-0.25, -0.2) is 0 Å². The molecule has 0 radical (unpaired) electrons. The molecule has 0 spiro atoms. The maximum atomic E-state index is 7.29. The number of rotatable bonds is 11. The fraction of sp³-hybridized carbons (Fsp3) is 0.400. The Balaban J connectivity index is 2.49. The van der Waals surface area contributed by atoms with Crippen molar-refractivity contribution in [2.24, 2.45) is 0 Å². The highest BCUT2D eigenvalue weighted by molar-refractivity contribution is 9.09. The minimum absolute atomic E-state index is 0.0535. The Bertz CT molecular complexity index is 877. The first kappa shape index (κ1) is 27.4. The summed E-state index contributed by atoms with van der Waals surface area (Å²) in [5.74, 6) is 6.81. The molecule has 0 aliphatic heterocycles. The van der Waals surface area contributed by atoms with Crippen LogP contribution in [0, 0.1) is 11.8 Å². The number of benzene rings is 2. The molecule has 0 N–H and O–H groups in total. The van der Waals surface area contributed by atoms with E-state index in [1.165, 1.54) is 29.6 Å². The zero-order chi connectivity index (χ0) is 24.0. The second-order valence-corrected chi connectivity index (χ2v) is 14.2. The van der Waals surface area contributed by atoms with Gasteiger partial charge in [0.2, 0.25) is 0 Å². The highest BCUT2D eigenvalue weighted by Crippen LogP contribution is 2.38. The number of halogens is 1. The molecule has 1 atom stereocenters. The van der Waals surface area contributed by atoms with Crippen LogP contribution in [0.1, 0.15) is 59.8 Å². The van der Waals surface area contributed by atoms with Gasteiger partial charge < -0.3 is 4.43 Å². The molecular weight excluding hydrogens is 484 g/mol. The summed E-state index contributed by atoms with van der Waals surface area (Å²) in [5, 5.41) is 3.39. The quantitative estimate of drug-likeness (QED) is 0.0980. The van der Waals surface area contributed by atoms with Crippen molar-refractivity contribution in [2.75, 3.05) is 5.33 Å². The molecule has 0 unspecified atom stereocenters. The molecule has 0 aliphatic rings. The molecule has 0 saturated heterocycles. The summed E-state index contributed by atoms with van der Waals surface area (Å²) in [7, 11) is -2.61. The van der Waals surface area contributed by atoms with Crippen LogP contribution in [0.15, 0.2) is 85.0 Å². The zero-order valence-electron chi connectivity index (χ0n) is 20.7. The van der Waals surface area contributed by atoms with Crippen molar-refractivity contribution in [2.45, 2.75) is 70.9 Å². The Kier molecular flexibility index (Phi) is 12.0. The number of unbranched alkanes of at least 4 members (excludes halogenated alkanes) is 3. The molecule has 0 aliphatic carbocycles. The molecule has 3 heteroatoms. The normalized spacial score (nSPS) is 13.2. The van der Waals surface area contributed by atoms with Crippen LogP contribution in [0.2, 0.25) is 5.04 Å². The van der Waals surface area contributed by atoms with Gasteiger partial charge in [-0.15, -0.1) is 11.8 Å². The van der Waals surface area contributed by atoms with Gasteiger partial charge in [0.05, 0.1) is 6.10 Å². The molecule has 33 heavy (non-hydrogen) atoms. The van der Waals surface area contributed by atoms with Gasteiger partial charge >= 0.3 is 0 Å². The Morgan fingerprint density at radius 1 is 0.909 bits per heavy atom. The van der Waals surface area contributed by atoms with Crippen molar-refractivity contribution in [3.63, 3.8) is 0 Å². The third-order valence-corrected chi connectivity index (χ3v) is 11.2. The molecule has 0 aromatic heterocycles. The molecule has 0 saturated carbocycles. The van der Waals surface area contributed by atoms with Crippen LogP contribution >= 0.6 is 15.9 Å². The lowest BCUT2D eigenvalue weighted by Crippen LogP contribution is -2.67. The van der Waals surface area contributed by atoms with Crippen LogP contribution in [0.25, 0.3) is 0 Å². The smallest absolute Gasteiger partial charge is 0.261 e. The molecule has 0 amide bonds. The molecule has 2 aromatic rings. The number of hydrogen-bond acceptors (Lipinski definition) is 1. The van der Waals surface area contributed by atoms with Gasteiger partial charge in [0.25, 0.3) is 8.32 Å². The SMILES string of the molecule is CCCCCC#CC[C@H](/C=C/C=C/CBr)O[Si](c1ccccc1)(c1ccccc1)C(C)(C)C. The molecule has 0 fully saturated rings. The van der Waals surface area contributed by atoms with Crippen LogP contribution in [-0.4, -0.2) is 19.8 Å². The fourth-order valence-electron chi connectivity index (χ4n) is 4.11. The summed E-state index contributed by atoms with van der Waals surface area (Å²) < 4.78 is 7.29. The van der Waals surface area contributed by atoms with E-state index in [2.05, 4.69) is 140 Å². The van der Waals surface area contributed by atoms with Gasteiger partial charge in [0, 0.05) is 18.2 Å². The highest BCUT2D eigenvalue weighted by Gasteiger charge is 2.51. The topological polar surface area (TPSA) is 9.23 Å². The lowest BCUT2D eigenvalue weighted by Gasteiger charge is -2.44. The van der Waals surface area contributed by atoms with Crippen molar-refractivity contribution in [1.29, 1.82) is 0 Å². The van der Waals surface area contributed by atoms with Crippen LogP contribution in [0.3, 0.4) is 0 Å². The van der Waals surface area contributed by atoms with Crippen molar-refractivity contribution in [3.05, 3.63) is 85.0 Å². The van der Waals surface area contributed by atoms with Crippen molar-refractivity contribution in [1.82, 2.24) is 0 Å². The lowest BCUT2D eigenvalue weighted by atomic mass is 10.2. The second kappa shape index (κ2) is 14.4. The largest absolute Gasteiger partial charge is 0.400 e. The number of allylic oxidation sites excluding steroid dienone is 3. The van der Waals surface area contributed by atoms with Crippen LogP contribution < -0.4 is 10.4 Å². The summed E-state index contributed by atoms with van der Waals surface area (Å²) in [5.41, 5.74) is 0. The first-order valence-electron chi connectivity index (χ1n) is 12.1. The van der Waals surface area contributed by atoms with Crippen molar-refractivity contribution in [3.8, 4) is 11.8 Å². The maximum absolute atomic E-state index is 7.29. The molecular formula is C30H39BrOSi. The van der Waals surface area contributed by atoms with E-state index < -0.39 is 8.32 Å². The molecule has 1 nitrogen and oxygen atoms in total. The van der Waals surface area contributed by atoms with E-state index in [4.69, 9.17) is 4.43 Å². The minimum atomic E-state index is -2.61. The maximum Gasteiger partial charge on any atom is 0.261 e. The number of hydrogen-bond donors (Lipinski definition) is 0. The van der Waals surface area contributed by atoms with Gasteiger partial charge in [-0.05, 0) is 21.8 Å². The van der Waals surface area contributed by atoms with Gasteiger partial charge in [0.15, 0.2) is 0 Å². The third kappa shape index (κ3) is 8.14. The second-order valence-electron chi connectivity index (χ2n) is 9.30. The zero-order valence-corrected chi connectivity index (χ0v) is 23.3. The Morgan fingerprint density at radius 3 is 2.03 bits per heavy atom. The Morgan fingerprint density at radius 2 is 1.52 bits per heavy atom. The average molecular weight is 524 g/mol. The monoisotopic (exact) mass is 522 g/mol. The molecule has 2 rings (SSSR count). The first-order valence-corrected chi connectivity index (χ1v) is 15.1. The minimum Gasteiger partial charge on any atom is -0.400 e. The van der Waals surface area contributed by atoms with E-state index in [0.29, 0.717) is 6.42 Å². The first-order chi connectivity index (χ1) is 16.0. The molecule has 0 bridgehead atoms. The summed E-state index contributed by atoms with van der Waals surface area (Å²) >= 11 is 3.46. The molecule has 2 aromatic carbocycles. The van der Waals surface area contributed by atoms with Crippen molar-refractivity contribution >= 4 is 34.6 Å². The van der Waals surface area contributed by atoms with E-state index in [-0.39, 0.29) is 11.1 Å². The van der Waals surface area contributed by atoms with E-state index in [1.807, 2.05) is 0 Å². The van der Waals surface area contributed by atoms with Crippen LogP contribution in [0.4, 0.5) is 0 Å². The average Bonchev–Trinajstić information content (AvgIpc) is 2.82. The third-order valence-electron chi connectivity index (χ3n) is 5.74. The van der Waals surface area contributed by atoms with Crippen LogP contribution in [-0.2, 0) is 4.43 Å². The predicted molar refractivity (Wildman–Crippen MR) is 151 cm³/mol. The van der Waals surface area contributed by atoms with Gasteiger partial charge in [-0.1, -0.05) is 141 Å². The Hall–Kier alpha value is -1.86. The summed E-state index contributed by atoms with van der Waals surface area (Å²) in [6, 6.07) is 21.7. The summed E-state index contributed by atoms with van der Waals surface area (Å²) in [6.45, 7) is 9.19. The fourth-order valence-corrected chi connectivity index (χ4v) is 8.96. The molecule has 0 heterocycles. The van der Waals surface area contributed by atoms with Gasteiger partial charge in [0.1, 0.15) is 0 Å². The van der Waals surface area contributed by atoms with Gasteiger partial charge in [-0.3, -0.25) is 0 Å². The van der Waals surface area contributed by atoms with E-state index in [9.17, 15) is 0 Å². The van der Waals surface area contributed by atoms with Gasteiger partial charge in [-0.2, -0.15) is 0 Å². The highest BCUT2D eigenvalue weighted by atomic mass is 79.9. The standard InChI is InChI=1S/C30H39BrOSi/c1-5-6-7-8-9-13-20-27(21-14-12-19-26-31)32-33(30(2,3)4,28-22-15-10-16-23-28)29-24-17-11-18-25-29/h10-12,14-19,21-25,27H,5-8,20,26H2,1-4H3/b19-12+,21-14+/t27-/m1/s1. The lowest BCUT2D eigenvalue weighted by molar-refractivity contribution is 0.238. The van der Waals surface area contributed by atoms with E-state index in [1.54, 1.807) is 0 Å². The van der Waals surface area contributed by atoms with Crippen molar-refractivity contribution < 1.29 is 4.43 Å². The van der Waals surface area contributed by atoms with Crippen LogP contribution in [0.5, 0.6) is 0 Å². The van der Waals surface area contributed by atoms with E-state index >= 15 is 0 Å².